The van der Waals surface area contributed by atoms with Crippen LogP contribution < -0.4 is 10.6 Å². The predicted molar refractivity (Wildman–Crippen MR) is 126 cm³/mol. The van der Waals surface area contributed by atoms with Crippen LogP contribution in [0.15, 0.2) is 79.0 Å². The summed E-state index contributed by atoms with van der Waals surface area (Å²) in [6, 6.07) is 27.0. The van der Waals surface area contributed by atoms with Crippen molar-refractivity contribution in [1.82, 2.24) is 10.3 Å². The van der Waals surface area contributed by atoms with Gasteiger partial charge < -0.3 is 10.6 Å². The van der Waals surface area contributed by atoms with Crippen molar-refractivity contribution in [2.24, 2.45) is 0 Å². The van der Waals surface area contributed by atoms with E-state index < -0.39 is 0 Å². The van der Waals surface area contributed by atoms with Gasteiger partial charge in [0.1, 0.15) is 0 Å². The van der Waals surface area contributed by atoms with E-state index in [1.54, 1.807) is 0 Å². The average Bonchev–Trinajstić information content (AvgIpc) is 2.85. The molecule has 1 aromatic heterocycles. The van der Waals surface area contributed by atoms with Gasteiger partial charge in [-0.3, -0.25) is 4.98 Å². The van der Waals surface area contributed by atoms with Gasteiger partial charge >= 0.3 is 0 Å². The summed E-state index contributed by atoms with van der Waals surface area (Å²) in [6.45, 7) is 2.21. The highest BCUT2D eigenvalue weighted by atomic mass is 14.9. The molecule has 0 radical (unpaired) electrons. The lowest BCUT2D eigenvalue weighted by atomic mass is 9.90. The summed E-state index contributed by atoms with van der Waals surface area (Å²) >= 11 is 0. The lowest BCUT2D eigenvalue weighted by Gasteiger charge is -2.23. The van der Waals surface area contributed by atoms with Gasteiger partial charge in [-0.25, -0.2) is 0 Å². The Labute approximate surface area is 182 Å². The molecule has 1 aliphatic rings. The number of hydrogen-bond donors (Lipinski definition) is 2. The summed E-state index contributed by atoms with van der Waals surface area (Å²) in [6.07, 6.45) is 4.26. The molecule has 2 N–H and O–H groups in total. The van der Waals surface area contributed by atoms with Crippen molar-refractivity contribution in [2.45, 2.75) is 18.8 Å². The molecule has 0 spiro atoms. The number of nitriles is 1. The van der Waals surface area contributed by atoms with Crippen LogP contribution >= 0.6 is 0 Å². The normalized spacial score (nSPS) is 14.3. The molecule has 4 heteroatoms. The second kappa shape index (κ2) is 8.59. The number of nitrogens with one attached hydrogen (secondary N) is 2. The summed E-state index contributed by atoms with van der Waals surface area (Å²) in [5.74, 6) is 0.659. The van der Waals surface area contributed by atoms with E-state index >= 15 is 0 Å². The topological polar surface area (TPSA) is 60.7 Å². The number of benzene rings is 3. The van der Waals surface area contributed by atoms with E-state index in [1.807, 2.05) is 42.6 Å². The average molecular weight is 405 g/mol. The maximum Gasteiger partial charge on any atom is 0.0991 e. The summed E-state index contributed by atoms with van der Waals surface area (Å²) in [4.78, 5) is 4.53. The molecule has 0 amide bonds. The quantitative estimate of drug-likeness (QED) is 0.439. The highest BCUT2D eigenvalue weighted by molar-refractivity contribution is 5.95. The first kappa shape index (κ1) is 19.3. The SMILES string of the molecule is N#Cc1ccc(-c2ccc3nccc(Nc4ccc(C5CCNCC5)cc4)c3c2)cc1. The highest BCUT2D eigenvalue weighted by Gasteiger charge is 2.15. The minimum Gasteiger partial charge on any atom is -0.355 e. The first-order chi connectivity index (χ1) is 15.3. The van der Waals surface area contributed by atoms with Gasteiger partial charge in [-0.05, 0) is 91.0 Å². The number of fused-ring (bicyclic) bond motifs is 1. The van der Waals surface area contributed by atoms with E-state index in [-0.39, 0.29) is 0 Å². The second-order valence-corrected chi connectivity index (χ2v) is 8.05. The first-order valence-electron chi connectivity index (χ1n) is 10.8. The van der Waals surface area contributed by atoms with Gasteiger partial charge in [-0.1, -0.05) is 30.3 Å². The first-order valence-corrected chi connectivity index (χ1v) is 10.8. The molecule has 2 heterocycles. The fraction of sp³-hybridized carbons (Fsp3) is 0.185. The molecule has 1 aliphatic heterocycles. The molecule has 5 rings (SSSR count). The number of hydrogen-bond acceptors (Lipinski definition) is 4. The van der Waals surface area contributed by atoms with Gasteiger partial charge in [-0.2, -0.15) is 5.26 Å². The predicted octanol–water partition coefficient (Wildman–Crippen LogP) is 5.98. The van der Waals surface area contributed by atoms with Crippen molar-refractivity contribution in [3.05, 3.63) is 90.1 Å². The molecule has 0 atom stereocenters. The van der Waals surface area contributed by atoms with Crippen LogP contribution in [-0.2, 0) is 0 Å². The molecule has 1 fully saturated rings. The summed E-state index contributed by atoms with van der Waals surface area (Å²) in [5, 5.41) is 17.1. The Balaban J connectivity index is 1.43. The molecule has 4 aromatic rings. The second-order valence-electron chi connectivity index (χ2n) is 8.05. The monoisotopic (exact) mass is 404 g/mol. The van der Waals surface area contributed by atoms with E-state index in [4.69, 9.17) is 5.26 Å². The molecular formula is C27H24N4. The maximum atomic E-state index is 9.04. The highest BCUT2D eigenvalue weighted by Crippen LogP contribution is 2.31. The summed E-state index contributed by atoms with van der Waals surface area (Å²) < 4.78 is 0. The Morgan fingerprint density at radius 3 is 2.35 bits per heavy atom. The van der Waals surface area contributed by atoms with Crippen molar-refractivity contribution in [3.63, 3.8) is 0 Å². The molecule has 0 unspecified atom stereocenters. The number of rotatable bonds is 4. The number of aromatic nitrogens is 1. The minimum atomic E-state index is 0.659. The van der Waals surface area contributed by atoms with Crippen LogP contribution in [-0.4, -0.2) is 18.1 Å². The van der Waals surface area contributed by atoms with Crippen LogP contribution in [0.1, 0.15) is 29.9 Å². The fourth-order valence-corrected chi connectivity index (χ4v) is 4.32. The van der Waals surface area contributed by atoms with Crippen molar-refractivity contribution >= 4 is 22.3 Å². The Morgan fingerprint density at radius 2 is 1.61 bits per heavy atom. The molecule has 0 bridgehead atoms. The molecule has 0 saturated carbocycles. The standard InChI is InChI=1S/C27H24N4/c28-18-19-1-3-21(4-2-19)23-7-10-26-25(17-23)27(13-16-30-26)31-24-8-5-20(6-9-24)22-11-14-29-15-12-22/h1-10,13,16-17,22,29H,11-12,14-15H2,(H,30,31). The fourth-order valence-electron chi connectivity index (χ4n) is 4.32. The number of anilines is 2. The van der Waals surface area contributed by atoms with Crippen molar-refractivity contribution in [3.8, 4) is 17.2 Å². The maximum absolute atomic E-state index is 9.04. The Morgan fingerprint density at radius 1 is 0.871 bits per heavy atom. The van der Waals surface area contributed by atoms with Crippen LogP contribution in [0.4, 0.5) is 11.4 Å². The lowest BCUT2D eigenvalue weighted by molar-refractivity contribution is 0.460. The number of nitrogens with zero attached hydrogens (tertiary/aromatic N) is 2. The Hall–Kier alpha value is -3.68. The van der Waals surface area contributed by atoms with E-state index in [1.165, 1.54) is 18.4 Å². The third-order valence-electron chi connectivity index (χ3n) is 6.09. The molecule has 4 nitrogen and oxygen atoms in total. The zero-order chi connectivity index (χ0) is 21.0. The van der Waals surface area contributed by atoms with Gasteiger partial charge in [0, 0.05) is 23.0 Å². The van der Waals surface area contributed by atoms with Crippen LogP contribution in [0, 0.1) is 11.3 Å². The minimum absolute atomic E-state index is 0.659. The number of pyridine rings is 1. The van der Waals surface area contributed by atoms with E-state index in [0.29, 0.717) is 11.5 Å². The Kier molecular flexibility index (Phi) is 5.35. The molecule has 1 saturated heterocycles. The third kappa shape index (κ3) is 4.14. The van der Waals surface area contributed by atoms with Gasteiger partial charge in [0.2, 0.25) is 0 Å². The van der Waals surface area contributed by atoms with Crippen LogP contribution in [0.3, 0.4) is 0 Å². The zero-order valence-corrected chi connectivity index (χ0v) is 17.3. The van der Waals surface area contributed by atoms with Gasteiger partial charge in [0.25, 0.3) is 0 Å². The van der Waals surface area contributed by atoms with Crippen molar-refractivity contribution in [1.29, 1.82) is 5.26 Å². The number of piperidine rings is 1. The lowest BCUT2D eigenvalue weighted by Crippen LogP contribution is -2.26. The van der Waals surface area contributed by atoms with Crippen LogP contribution in [0.25, 0.3) is 22.0 Å². The molecule has 152 valence electrons. The van der Waals surface area contributed by atoms with E-state index in [0.717, 1.165) is 46.5 Å². The van der Waals surface area contributed by atoms with Gasteiger partial charge in [0.05, 0.1) is 17.1 Å². The summed E-state index contributed by atoms with van der Waals surface area (Å²) in [5.41, 5.74) is 7.35. The summed E-state index contributed by atoms with van der Waals surface area (Å²) in [7, 11) is 0. The molecule has 0 aliphatic carbocycles. The van der Waals surface area contributed by atoms with E-state index in [9.17, 15) is 0 Å². The van der Waals surface area contributed by atoms with Crippen LogP contribution in [0.2, 0.25) is 0 Å². The van der Waals surface area contributed by atoms with Gasteiger partial charge in [-0.15, -0.1) is 0 Å². The molecule has 3 aromatic carbocycles. The zero-order valence-electron chi connectivity index (χ0n) is 17.3. The molecular weight excluding hydrogens is 380 g/mol. The third-order valence-corrected chi connectivity index (χ3v) is 6.09. The van der Waals surface area contributed by atoms with Crippen molar-refractivity contribution < 1.29 is 0 Å². The Bertz CT molecular complexity index is 1230. The van der Waals surface area contributed by atoms with Crippen molar-refractivity contribution in [2.75, 3.05) is 18.4 Å². The molecule has 31 heavy (non-hydrogen) atoms. The van der Waals surface area contributed by atoms with Gasteiger partial charge in [0.15, 0.2) is 0 Å². The van der Waals surface area contributed by atoms with E-state index in [2.05, 4.69) is 58.1 Å². The smallest absolute Gasteiger partial charge is 0.0991 e. The largest absolute Gasteiger partial charge is 0.355 e. The van der Waals surface area contributed by atoms with Crippen LogP contribution in [0.5, 0.6) is 0 Å².